The molecule has 0 radical (unpaired) electrons. The SMILES string of the molecule is C#Cc1cccc(NC(=O)N2CCN(S(=O)(=O)CC)CC2)c1. The number of hydrogen-bond acceptors (Lipinski definition) is 3. The summed E-state index contributed by atoms with van der Waals surface area (Å²) in [5, 5.41) is 2.78. The van der Waals surface area contributed by atoms with Gasteiger partial charge in [0, 0.05) is 37.4 Å². The second kappa shape index (κ2) is 6.81. The second-order valence-electron chi connectivity index (χ2n) is 4.94. The molecule has 1 aromatic rings. The molecule has 0 aliphatic carbocycles. The van der Waals surface area contributed by atoms with Crippen molar-refractivity contribution in [2.75, 3.05) is 37.2 Å². The normalized spacial score (nSPS) is 16.1. The van der Waals surface area contributed by atoms with Gasteiger partial charge < -0.3 is 10.2 Å². The van der Waals surface area contributed by atoms with Crippen molar-refractivity contribution in [2.45, 2.75) is 6.92 Å². The number of sulfonamides is 1. The van der Waals surface area contributed by atoms with Gasteiger partial charge in [0.05, 0.1) is 5.75 Å². The van der Waals surface area contributed by atoms with Crippen molar-refractivity contribution in [3.8, 4) is 12.3 Å². The minimum Gasteiger partial charge on any atom is -0.322 e. The van der Waals surface area contributed by atoms with Gasteiger partial charge in [-0.15, -0.1) is 6.42 Å². The van der Waals surface area contributed by atoms with Crippen LogP contribution >= 0.6 is 0 Å². The van der Waals surface area contributed by atoms with Crippen LogP contribution in [0.1, 0.15) is 12.5 Å². The first-order chi connectivity index (χ1) is 10.5. The van der Waals surface area contributed by atoms with Crippen molar-refractivity contribution in [1.82, 2.24) is 9.21 Å². The highest BCUT2D eigenvalue weighted by Gasteiger charge is 2.27. The van der Waals surface area contributed by atoms with Crippen LogP contribution in [-0.4, -0.2) is 55.6 Å². The van der Waals surface area contributed by atoms with Crippen LogP contribution in [-0.2, 0) is 10.0 Å². The molecule has 118 valence electrons. The number of nitrogens with one attached hydrogen (secondary N) is 1. The molecule has 2 amide bonds. The first-order valence-electron chi connectivity index (χ1n) is 7.06. The summed E-state index contributed by atoms with van der Waals surface area (Å²) < 4.78 is 25.0. The van der Waals surface area contributed by atoms with Crippen molar-refractivity contribution in [3.63, 3.8) is 0 Å². The lowest BCUT2D eigenvalue weighted by molar-refractivity contribution is 0.184. The number of terminal acetylenes is 1. The molecule has 0 bridgehead atoms. The van der Waals surface area contributed by atoms with Gasteiger partial charge in [0.25, 0.3) is 0 Å². The number of carbonyl (C=O) groups is 1. The maximum atomic E-state index is 12.2. The van der Waals surface area contributed by atoms with E-state index in [1.165, 1.54) is 4.31 Å². The van der Waals surface area contributed by atoms with Crippen LogP contribution in [0.25, 0.3) is 0 Å². The predicted molar refractivity (Wildman–Crippen MR) is 86.0 cm³/mol. The smallest absolute Gasteiger partial charge is 0.321 e. The Morgan fingerprint density at radius 3 is 2.59 bits per heavy atom. The molecule has 0 saturated carbocycles. The summed E-state index contributed by atoms with van der Waals surface area (Å²) in [5.74, 6) is 2.59. The Morgan fingerprint density at radius 2 is 2.00 bits per heavy atom. The van der Waals surface area contributed by atoms with Gasteiger partial charge in [-0.1, -0.05) is 12.0 Å². The van der Waals surface area contributed by atoms with Crippen molar-refractivity contribution >= 4 is 21.7 Å². The number of rotatable bonds is 3. The minimum atomic E-state index is -3.19. The van der Waals surface area contributed by atoms with E-state index in [1.807, 2.05) is 0 Å². The molecule has 1 fully saturated rings. The van der Waals surface area contributed by atoms with E-state index in [1.54, 1.807) is 36.1 Å². The van der Waals surface area contributed by atoms with Gasteiger partial charge in [-0.2, -0.15) is 4.31 Å². The minimum absolute atomic E-state index is 0.0814. The summed E-state index contributed by atoms with van der Waals surface area (Å²) in [6.45, 7) is 3.02. The molecule has 0 spiro atoms. The van der Waals surface area contributed by atoms with E-state index in [2.05, 4.69) is 11.2 Å². The zero-order valence-corrected chi connectivity index (χ0v) is 13.3. The predicted octanol–water partition coefficient (Wildman–Crippen LogP) is 1.17. The molecule has 1 aromatic carbocycles. The Hall–Kier alpha value is -2.04. The molecule has 1 aliphatic heterocycles. The summed E-state index contributed by atoms with van der Waals surface area (Å²) in [7, 11) is -3.19. The summed E-state index contributed by atoms with van der Waals surface area (Å²) in [5.41, 5.74) is 1.32. The lowest BCUT2D eigenvalue weighted by Crippen LogP contribution is -2.51. The molecule has 1 heterocycles. The number of carbonyl (C=O) groups excluding carboxylic acids is 1. The van der Waals surface area contributed by atoms with Crippen LogP contribution in [0.15, 0.2) is 24.3 Å². The van der Waals surface area contributed by atoms with Crippen molar-refractivity contribution in [1.29, 1.82) is 0 Å². The molecular formula is C15H19N3O3S. The standard InChI is InChI=1S/C15H19N3O3S/c1-3-13-6-5-7-14(12-13)16-15(19)17-8-10-18(11-9-17)22(20,21)4-2/h1,5-7,12H,4,8-11H2,2H3,(H,16,19). The van der Waals surface area contributed by atoms with Crippen LogP contribution in [0.2, 0.25) is 0 Å². The molecular weight excluding hydrogens is 302 g/mol. The number of hydrogen-bond donors (Lipinski definition) is 1. The molecule has 0 unspecified atom stereocenters. The Bertz CT molecular complexity index is 686. The molecule has 6 nitrogen and oxygen atoms in total. The van der Waals surface area contributed by atoms with Gasteiger partial charge in [-0.25, -0.2) is 13.2 Å². The van der Waals surface area contributed by atoms with E-state index in [-0.39, 0.29) is 11.8 Å². The third-order valence-electron chi connectivity index (χ3n) is 3.56. The van der Waals surface area contributed by atoms with E-state index in [4.69, 9.17) is 6.42 Å². The van der Waals surface area contributed by atoms with Crippen molar-refractivity contribution in [3.05, 3.63) is 29.8 Å². The molecule has 0 atom stereocenters. The summed E-state index contributed by atoms with van der Waals surface area (Å²) in [6, 6.07) is 6.79. The Balaban J connectivity index is 1.94. The number of urea groups is 1. The van der Waals surface area contributed by atoms with Gasteiger partial charge in [0.1, 0.15) is 0 Å². The molecule has 22 heavy (non-hydrogen) atoms. The third-order valence-corrected chi connectivity index (χ3v) is 5.45. The van der Waals surface area contributed by atoms with Crippen molar-refractivity contribution < 1.29 is 13.2 Å². The molecule has 1 N–H and O–H groups in total. The first kappa shape index (κ1) is 16.3. The highest BCUT2D eigenvalue weighted by Crippen LogP contribution is 2.13. The Kier molecular flexibility index (Phi) is 5.06. The number of amides is 2. The highest BCUT2D eigenvalue weighted by molar-refractivity contribution is 7.89. The van der Waals surface area contributed by atoms with E-state index >= 15 is 0 Å². The van der Waals surface area contributed by atoms with Gasteiger partial charge in [-0.05, 0) is 25.1 Å². The molecule has 0 aromatic heterocycles. The largest absolute Gasteiger partial charge is 0.322 e. The number of benzene rings is 1. The first-order valence-corrected chi connectivity index (χ1v) is 8.67. The quantitative estimate of drug-likeness (QED) is 0.850. The number of nitrogens with zero attached hydrogens (tertiary/aromatic N) is 2. The molecule has 2 rings (SSSR count). The fourth-order valence-electron chi connectivity index (χ4n) is 2.24. The monoisotopic (exact) mass is 321 g/mol. The van der Waals surface area contributed by atoms with Crippen LogP contribution in [0, 0.1) is 12.3 Å². The average molecular weight is 321 g/mol. The topological polar surface area (TPSA) is 69.7 Å². The third kappa shape index (κ3) is 3.78. The van der Waals surface area contributed by atoms with E-state index in [0.717, 1.165) is 0 Å². The van der Waals surface area contributed by atoms with E-state index < -0.39 is 10.0 Å². The molecule has 7 heteroatoms. The fourth-order valence-corrected chi connectivity index (χ4v) is 3.33. The summed E-state index contributed by atoms with van der Waals surface area (Å²) in [6.07, 6.45) is 5.33. The van der Waals surface area contributed by atoms with Crippen LogP contribution in [0.4, 0.5) is 10.5 Å². The summed E-state index contributed by atoms with van der Waals surface area (Å²) >= 11 is 0. The van der Waals surface area contributed by atoms with Crippen LogP contribution in [0.3, 0.4) is 0 Å². The molecule has 1 aliphatic rings. The van der Waals surface area contributed by atoms with Crippen LogP contribution < -0.4 is 5.32 Å². The number of piperazine rings is 1. The number of anilines is 1. The van der Waals surface area contributed by atoms with E-state index in [9.17, 15) is 13.2 Å². The van der Waals surface area contributed by atoms with Gasteiger partial charge in [0.2, 0.25) is 10.0 Å². The zero-order valence-electron chi connectivity index (χ0n) is 12.4. The van der Waals surface area contributed by atoms with Gasteiger partial charge in [0.15, 0.2) is 0 Å². The van der Waals surface area contributed by atoms with Gasteiger partial charge >= 0.3 is 6.03 Å². The second-order valence-corrected chi connectivity index (χ2v) is 7.20. The van der Waals surface area contributed by atoms with E-state index in [0.29, 0.717) is 37.4 Å². The van der Waals surface area contributed by atoms with Crippen molar-refractivity contribution in [2.24, 2.45) is 0 Å². The molecule has 1 saturated heterocycles. The lowest BCUT2D eigenvalue weighted by Gasteiger charge is -2.33. The maximum absolute atomic E-state index is 12.2. The lowest BCUT2D eigenvalue weighted by atomic mass is 10.2. The van der Waals surface area contributed by atoms with Gasteiger partial charge in [-0.3, -0.25) is 0 Å². The Labute approximate surface area is 131 Å². The Morgan fingerprint density at radius 1 is 1.32 bits per heavy atom. The van der Waals surface area contributed by atoms with Crippen LogP contribution in [0.5, 0.6) is 0 Å². The average Bonchev–Trinajstić information content (AvgIpc) is 2.55. The fraction of sp³-hybridized carbons (Fsp3) is 0.400. The zero-order chi connectivity index (χ0) is 16.2. The highest BCUT2D eigenvalue weighted by atomic mass is 32.2. The summed E-state index contributed by atoms with van der Waals surface area (Å²) in [4.78, 5) is 13.8. The maximum Gasteiger partial charge on any atom is 0.321 e.